The summed E-state index contributed by atoms with van der Waals surface area (Å²) in [6.45, 7) is 12.6. The van der Waals surface area contributed by atoms with Crippen molar-refractivity contribution in [2.24, 2.45) is 0 Å². The van der Waals surface area contributed by atoms with Crippen molar-refractivity contribution in [1.29, 1.82) is 0 Å². The summed E-state index contributed by atoms with van der Waals surface area (Å²) in [6, 6.07) is 6.21. The van der Waals surface area contributed by atoms with E-state index in [2.05, 4.69) is 24.5 Å². The van der Waals surface area contributed by atoms with Crippen LogP contribution in [-0.2, 0) is 14.3 Å². The first-order valence-corrected chi connectivity index (χ1v) is 15.1. The normalized spacial score (nSPS) is 12.9. The molecule has 2 unspecified atom stereocenters. The molecule has 210 valence electrons. The van der Waals surface area contributed by atoms with Gasteiger partial charge in [-0.1, -0.05) is 69.4 Å². The lowest BCUT2D eigenvalue weighted by Crippen LogP contribution is -2.53. The van der Waals surface area contributed by atoms with Gasteiger partial charge in [0.1, 0.15) is 17.7 Å². The summed E-state index contributed by atoms with van der Waals surface area (Å²) in [6.07, 6.45) is 7.50. The van der Waals surface area contributed by atoms with Crippen molar-refractivity contribution in [3.05, 3.63) is 35.4 Å². The van der Waals surface area contributed by atoms with Gasteiger partial charge in [-0.25, -0.2) is 4.79 Å². The minimum absolute atomic E-state index is 0.193. The number of hydrogen-bond donors (Lipinski definition) is 2. The van der Waals surface area contributed by atoms with Gasteiger partial charge in [0.15, 0.2) is 0 Å². The number of carbonyl (C=O) groups is 3. The fourth-order valence-electron chi connectivity index (χ4n) is 3.93. The smallest absolute Gasteiger partial charge is 0.408 e. The van der Waals surface area contributed by atoms with Crippen molar-refractivity contribution in [2.75, 3.05) is 25.1 Å². The Bertz CT molecular complexity index is 823. The second-order valence-corrected chi connectivity index (χ2v) is 11.5. The highest BCUT2D eigenvalue weighted by molar-refractivity contribution is 7.98. The molecule has 0 saturated carbocycles. The fraction of sp³-hybridized carbons (Fsp3) is 0.690. The monoisotopic (exact) mass is 535 g/mol. The molecule has 8 heteroatoms. The number of aryl methyl sites for hydroxylation is 1. The zero-order valence-corrected chi connectivity index (χ0v) is 24.8. The Kier molecular flexibility index (Phi) is 15.4. The second-order valence-electron chi connectivity index (χ2n) is 10.5. The Labute approximate surface area is 228 Å². The van der Waals surface area contributed by atoms with Gasteiger partial charge in [-0.2, -0.15) is 11.8 Å². The molecule has 0 bridgehead atoms. The lowest BCUT2D eigenvalue weighted by Gasteiger charge is -2.34. The number of nitrogens with zero attached hydrogens (tertiary/aromatic N) is 1. The molecule has 2 atom stereocenters. The Morgan fingerprint density at radius 1 is 1.00 bits per heavy atom. The number of rotatable bonds is 16. The number of unbranched alkanes of at least 4 members (excludes halogenated alkanes) is 4. The van der Waals surface area contributed by atoms with Crippen LogP contribution in [0.5, 0.6) is 0 Å². The third-order valence-electron chi connectivity index (χ3n) is 5.92. The molecule has 0 spiro atoms. The van der Waals surface area contributed by atoms with Crippen LogP contribution in [0.15, 0.2) is 24.3 Å². The molecule has 1 rings (SSSR count). The maximum atomic E-state index is 14.1. The van der Waals surface area contributed by atoms with E-state index in [1.807, 2.05) is 37.4 Å². The van der Waals surface area contributed by atoms with Gasteiger partial charge in [0.05, 0.1) is 0 Å². The quantitative estimate of drug-likeness (QED) is 0.253. The van der Waals surface area contributed by atoms with E-state index < -0.39 is 23.8 Å². The molecule has 7 nitrogen and oxygen atoms in total. The van der Waals surface area contributed by atoms with Crippen LogP contribution >= 0.6 is 11.8 Å². The average Bonchev–Trinajstić information content (AvgIpc) is 2.83. The Morgan fingerprint density at radius 3 is 2.22 bits per heavy atom. The molecule has 0 heterocycles. The van der Waals surface area contributed by atoms with Crippen molar-refractivity contribution in [2.45, 2.75) is 104 Å². The summed E-state index contributed by atoms with van der Waals surface area (Å²) in [4.78, 5) is 42.0. The SMILES string of the molecule is CCCCCCN(C(=O)C(CCSC)NC(=O)OC(C)(C)C)C(C(=O)NCCCC)c1ccc(C)cc1. The van der Waals surface area contributed by atoms with Crippen molar-refractivity contribution < 1.29 is 19.1 Å². The zero-order valence-electron chi connectivity index (χ0n) is 24.0. The fourth-order valence-corrected chi connectivity index (χ4v) is 4.40. The first-order chi connectivity index (χ1) is 17.5. The van der Waals surface area contributed by atoms with E-state index in [-0.39, 0.29) is 11.8 Å². The zero-order chi connectivity index (χ0) is 27.8. The van der Waals surface area contributed by atoms with Crippen LogP contribution in [-0.4, -0.2) is 59.5 Å². The van der Waals surface area contributed by atoms with Gasteiger partial charge in [0, 0.05) is 13.1 Å². The van der Waals surface area contributed by atoms with Crippen molar-refractivity contribution in [3.8, 4) is 0 Å². The number of ether oxygens (including phenoxy) is 1. The summed E-state index contributed by atoms with van der Waals surface area (Å²) in [7, 11) is 0. The number of amides is 3. The molecule has 0 aliphatic rings. The minimum atomic E-state index is -0.787. The number of nitrogens with one attached hydrogen (secondary N) is 2. The van der Waals surface area contributed by atoms with Crippen LogP contribution in [0.1, 0.15) is 96.7 Å². The summed E-state index contributed by atoms with van der Waals surface area (Å²) in [5, 5.41) is 5.84. The van der Waals surface area contributed by atoms with Gasteiger partial charge in [-0.05, 0) is 64.5 Å². The highest BCUT2D eigenvalue weighted by Gasteiger charge is 2.35. The summed E-state index contributed by atoms with van der Waals surface area (Å²) >= 11 is 1.61. The summed E-state index contributed by atoms with van der Waals surface area (Å²) in [5.41, 5.74) is 1.17. The number of benzene rings is 1. The molecule has 0 aromatic heterocycles. The predicted molar refractivity (Wildman–Crippen MR) is 154 cm³/mol. The summed E-state index contributed by atoms with van der Waals surface area (Å²) in [5.74, 6) is 0.239. The molecule has 1 aromatic carbocycles. The number of hydrogen-bond acceptors (Lipinski definition) is 5. The van der Waals surface area contributed by atoms with Crippen molar-refractivity contribution in [1.82, 2.24) is 15.5 Å². The molecule has 2 N–H and O–H groups in total. The highest BCUT2D eigenvalue weighted by Crippen LogP contribution is 2.25. The largest absolute Gasteiger partial charge is 0.444 e. The van der Waals surface area contributed by atoms with Gasteiger partial charge in [0.2, 0.25) is 11.8 Å². The topological polar surface area (TPSA) is 87.7 Å². The van der Waals surface area contributed by atoms with E-state index in [9.17, 15) is 14.4 Å². The van der Waals surface area contributed by atoms with Crippen LogP contribution in [0, 0.1) is 6.92 Å². The molecule has 0 saturated heterocycles. The van der Waals surface area contributed by atoms with E-state index in [1.54, 1.807) is 37.4 Å². The summed E-state index contributed by atoms with van der Waals surface area (Å²) < 4.78 is 5.46. The van der Waals surface area contributed by atoms with Gasteiger partial charge in [0.25, 0.3) is 0 Å². The number of carbonyl (C=O) groups excluding carboxylic acids is 3. The molecular weight excluding hydrogens is 486 g/mol. The van der Waals surface area contributed by atoms with Crippen LogP contribution in [0.3, 0.4) is 0 Å². The Morgan fingerprint density at radius 2 is 1.65 bits per heavy atom. The van der Waals surface area contributed by atoms with E-state index >= 15 is 0 Å². The maximum absolute atomic E-state index is 14.1. The first kappa shape index (κ1) is 32.8. The standard InChI is InChI=1S/C29H49N3O4S/c1-8-10-12-13-20-32(27(34)24(18-21-37-7)31-28(35)36-29(4,5)6)25(26(33)30-19-11-9-2)23-16-14-22(3)15-17-23/h14-17,24-25H,8-13,18-21H2,1-7H3,(H,30,33)(H,31,35). The average molecular weight is 536 g/mol. The molecule has 0 aliphatic carbocycles. The van der Waals surface area contributed by atoms with Gasteiger partial charge in [-0.3, -0.25) is 9.59 Å². The van der Waals surface area contributed by atoms with Crippen LogP contribution in [0.2, 0.25) is 0 Å². The van der Waals surface area contributed by atoms with Crippen molar-refractivity contribution >= 4 is 29.7 Å². The minimum Gasteiger partial charge on any atom is -0.444 e. The van der Waals surface area contributed by atoms with E-state index in [0.29, 0.717) is 25.3 Å². The third kappa shape index (κ3) is 12.7. The molecular formula is C29H49N3O4S. The molecule has 0 fully saturated rings. The Balaban J connectivity index is 3.39. The maximum Gasteiger partial charge on any atom is 0.408 e. The predicted octanol–water partition coefficient (Wildman–Crippen LogP) is 6.01. The molecule has 0 aliphatic heterocycles. The van der Waals surface area contributed by atoms with E-state index in [4.69, 9.17) is 4.74 Å². The number of alkyl carbamates (subject to hydrolysis) is 1. The highest BCUT2D eigenvalue weighted by atomic mass is 32.2. The van der Waals surface area contributed by atoms with Crippen LogP contribution in [0.4, 0.5) is 4.79 Å². The third-order valence-corrected chi connectivity index (χ3v) is 6.56. The Hall–Kier alpha value is -2.22. The van der Waals surface area contributed by atoms with Crippen molar-refractivity contribution in [3.63, 3.8) is 0 Å². The second kappa shape index (κ2) is 17.3. The molecule has 3 amide bonds. The first-order valence-electron chi connectivity index (χ1n) is 13.7. The lowest BCUT2D eigenvalue weighted by atomic mass is 10.0. The lowest BCUT2D eigenvalue weighted by molar-refractivity contribution is -0.142. The van der Waals surface area contributed by atoms with Crippen LogP contribution < -0.4 is 10.6 Å². The van der Waals surface area contributed by atoms with E-state index in [1.165, 1.54) is 0 Å². The molecule has 1 aromatic rings. The van der Waals surface area contributed by atoms with E-state index in [0.717, 1.165) is 49.7 Å². The molecule has 0 radical (unpaired) electrons. The van der Waals surface area contributed by atoms with Crippen LogP contribution in [0.25, 0.3) is 0 Å². The molecule has 37 heavy (non-hydrogen) atoms. The number of thioether (sulfide) groups is 1. The van der Waals surface area contributed by atoms with Gasteiger partial charge < -0.3 is 20.3 Å². The van der Waals surface area contributed by atoms with Gasteiger partial charge >= 0.3 is 6.09 Å². The van der Waals surface area contributed by atoms with Gasteiger partial charge in [-0.15, -0.1) is 0 Å².